The molecule has 0 saturated heterocycles. The van der Waals surface area contributed by atoms with Crippen molar-refractivity contribution in [3.8, 4) is 11.1 Å². The van der Waals surface area contributed by atoms with Crippen LogP contribution in [0.4, 0.5) is 4.39 Å². The van der Waals surface area contributed by atoms with Gasteiger partial charge in [-0.2, -0.15) is 0 Å². The van der Waals surface area contributed by atoms with Crippen LogP contribution in [0.15, 0.2) is 83.9 Å². The zero-order valence-corrected chi connectivity index (χ0v) is 14.9. The first-order chi connectivity index (χ1) is 13.0. The molecule has 0 aliphatic carbocycles. The van der Waals surface area contributed by atoms with Crippen molar-refractivity contribution in [1.82, 2.24) is 3.97 Å². The number of nitrogens with zero attached hydrogens (tertiary/aromatic N) is 1. The fraction of sp³-hybridized carbons (Fsp3) is 0. The average molecular weight is 379 g/mol. The molecule has 0 radical (unpaired) electrons. The normalized spacial score (nSPS) is 11.6. The van der Waals surface area contributed by atoms with Crippen molar-refractivity contribution in [3.63, 3.8) is 0 Å². The number of halogens is 1. The minimum Gasteiger partial charge on any atom is -0.298 e. The molecule has 1 aromatic heterocycles. The van der Waals surface area contributed by atoms with Crippen LogP contribution in [0.1, 0.15) is 10.4 Å². The Bertz CT molecular complexity index is 1280. The van der Waals surface area contributed by atoms with E-state index >= 15 is 0 Å². The third-order valence-electron chi connectivity index (χ3n) is 4.42. The summed E-state index contributed by atoms with van der Waals surface area (Å²) in [6.45, 7) is 0. The van der Waals surface area contributed by atoms with Gasteiger partial charge >= 0.3 is 0 Å². The van der Waals surface area contributed by atoms with E-state index in [9.17, 15) is 17.6 Å². The number of fused-ring (bicyclic) bond motifs is 1. The molecule has 0 spiro atoms. The first-order valence-electron chi connectivity index (χ1n) is 8.19. The zero-order valence-electron chi connectivity index (χ0n) is 14.0. The van der Waals surface area contributed by atoms with E-state index in [-0.39, 0.29) is 21.6 Å². The molecular weight excluding hydrogens is 365 g/mol. The highest BCUT2D eigenvalue weighted by Crippen LogP contribution is 2.32. The lowest BCUT2D eigenvalue weighted by Gasteiger charge is -2.13. The van der Waals surface area contributed by atoms with E-state index in [2.05, 4.69) is 0 Å². The number of rotatable bonds is 4. The summed E-state index contributed by atoms with van der Waals surface area (Å²) in [5.41, 5.74) is 1.13. The average Bonchev–Trinajstić information content (AvgIpc) is 3.08. The van der Waals surface area contributed by atoms with E-state index in [1.54, 1.807) is 54.6 Å². The Morgan fingerprint density at radius 2 is 1.44 bits per heavy atom. The van der Waals surface area contributed by atoms with E-state index in [1.165, 1.54) is 24.4 Å². The Balaban J connectivity index is 2.01. The van der Waals surface area contributed by atoms with Gasteiger partial charge in [-0.1, -0.05) is 54.6 Å². The predicted molar refractivity (Wildman–Crippen MR) is 102 cm³/mol. The molecule has 0 bridgehead atoms. The SMILES string of the molecule is O=Cc1cn(S(=O)(=O)c2ccccc2-c2ccccc2F)c2ccccc12. The zero-order chi connectivity index (χ0) is 19.0. The van der Waals surface area contributed by atoms with Crippen LogP contribution in [0.25, 0.3) is 22.0 Å². The molecule has 4 aromatic rings. The molecule has 27 heavy (non-hydrogen) atoms. The smallest absolute Gasteiger partial charge is 0.268 e. The summed E-state index contributed by atoms with van der Waals surface area (Å²) < 4.78 is 42.2. The molecule has 4 rings (SSSR count). The fourth-order valence-corrected chi connectivity index (χ4v) is 4.76. The van der Waals surface area contributed by atoms with Crippen LogP contribution in [0, 0.1) is 5.82 Å². The van der Waals surface area contributed by atoms with E-state index in [4.69, 9.17) is 0 Å². The Morgan fingerprint density at radius 1 is 0.815 bits per heavy atom. The second kappa shape index (κ2) is 6.48. The van der Waals surface area contributed by atoms with Gasteiger partial charge in [0.15, 0.2) is 6.29 Å². The number of hydrogen-bond acceptors (Lipinski definition) is 3. The van der Waals surface area contributed by atoms with Gasteiger partial charge in [-0.25, -0.2) is 16.8 Å². The van der Waals surface area contributed by atoms with Crippen molar-refractivity contribution in [2.45, 2.75) is 4.90 Å². The van der Waals surface area contributed by atoms with Crippen LogP contribution < -0.4 is 0 Å². The van der Waals surface area contributed by atoms with Crippen LogP contribution in [-0.4, -0.2) is 18.7 Å². The molecule has 0 aliphatic rings. The van der Waals surface area contributed by atoms with Crippen LogP contribution >= 0.6 is 0 Å². The molecule has 0 aliphatic heterocycles. The van der Waals surface area contributed by atoms with Gasteiger partial charge < -0.3 is 0 Å². The molecule has 0 unspecified atom stereocenters. The summed E-state index contributed by atoms with van der Waals surface area (Å²) in [5.74, 6) is -0.508. The standard InChI is InChI=1S/C21H14FNO3S/c22-19-10-4-1-8-17(19)18-9-3-6-12-21(18)27(25,26)23-13-15(14-24)16-7-2-5-11-20(16)23/h1-14H. The molecule has 134 valence electrons. The Hall–Kier alpha value is -3.25. The second-order valence-electron chi connectivity index (χ2n) is 6.00. The largest absolute Gasteiger partial charge is 0.298 e. The summed E-state index contributed by atoms with van der Waals surface area (Å²) in [6, 6.07) is 19.0. The Morgan fingerprint density at radius 3 is 2.19 bits per heavy atom. The fourth-order valence-electron chi connectivity index (χ4n) is 3.17. The maximum absolute atomic E-state index is 14.3. The Labute approximate surface area is 155 Å². The van der Waals surface area contributed by atoms with Gasteiger partial charge in [0, 0.05) is 28.3 Å². The molecule has 3 aromatic carbocycles. The molecule has 0 saturated carbocycles. The monoisotopic (exact) mass is 379 g/mol. The van der Waals surface area contributed by atoms with Crippen molar-refractivity contribution >= 4 is 27.2 Å². The number of benzene rings is 3. The summed E-state index contributed by atoms with van der Waals surface area (Å²) in [5, 5.41) is 0.541. The lowest BCUT2D eigenvalue weighted by molar-refractivity contribution is 0.112. The topological polar surface area (TPSA) is 56.1 Å². The highest BCUT2D eigenvalue weighted by Gasteiger charge is 2.25. The van der Waals surface area contributed by atoms with Crippen LogP contribution in [0.2, 0.25) is 0 Å². The van der Waals surface area contributed by atoms with Gasteiger partial charge in [0.25, 0.3) is 10.0 Å². The van der Waals surface area contributed by atoms with Gasteiger partial charge in [0.2, 0.25) is 0 Å². The predicted octanol–water partition coefficient (Wildman–Crippen LogP) is 4.50. The van der Waals surface area contributed by atoms with Crippen molar-refractivity contribution < 1.29 is 17.6 Å². The van der Waals surface area contributed by atoms with Crippen LogP contribution in [-0.2, 0) is 10.0 Å². The van der Waals surface area contributed by atoms with E-state index < -0.39 is 15.8 Å². The van der Waals surface area contributed by atoms with Crippen LogP contribution in [0.5, 0.6) is 0 Å². The van der Waals surface area contributed by atoms with Gasteiger partial charge in [-0.15, -0.1) is 0 Å². The molecular formula is C21H14FNO3S. The number of carbonyl (C=O) groups is 1. The lowest BCUT2D eigenvalue weighted by atomic mass is 10.1. The molecule has 6 heteroatoms. The van der Waals surface area contributed by atoms with Crippen molar-refractivity contribution in [2.24, 2.45) is 0 Å². The molecule has 0 atom stereocenters. The number of para-hydroxylation sites is 1. The van der Waals surface area contributed by atoms with Crippen molar-refractivity contribution in [3.05, 3.63) is 90.4 Å². The van der Waals surface area contributed by atoms with Gasteiger partial charge in [-0.05, 0) is 18.2 Å². The summed E-state index contributed by atoms with van der Waals surface area (Å²) >= 11 is 0. The summed E-state index contributed by atoms with van der Waals surface area (Å²) in [6.07, 6.45) is 1.92. The highest BCUT2D eigenvalue weighted by atomic mass is 32.2. The first kappa shape index (κ1) is 17.2. The minimum absolute atomic E-state index is 0.0340. The number of hydrogen-bond donors (Lipinski definition) is 0. The molecule has 4 nitrogen and oxygen atoms in total. The number of aldehydes is 1. The molecule has 0 fully saturated rings. The van der Waals surface area contributed by atoms with Crippen molar-refractivity contribution in [1.29, 1.82) is 0 Å². The molecule has 0 N–H and O–H groups in total. The minimum atomic E-state index is -4.06. The summed E-state index contributed by atoms with van der Waals surface area (Å²) in [4.78, 5) is 11.3. The third-order valence-corrected chi connectivity index (χ3v) is 6.16. The second-order valence-corrected chi connectivity index (χ2v) is 7.78. The first-order valence-corrected chi connectivity index (χ1v) is 9.63. The number of aromatic nitrogens is 1. The van der Waals surface area contributed by atoms with E-state index in [1.807, 2.05) is 0 Å². The summed E-state index contributed by atoms with van der Waals surface area (Å²) in [7, 11) is -4.06. The van der Waals surface area contributed by atoms with Gasteiger partial charge in [0.1, 0.15) is 5.82 Å². The third kappa shape index (κ3) is 2.74. The van der Waals surface area contributed by atoms with Crippen LogP contribution in [0.3, 0.4) is 0 Å². The number of carbonyl (C=O) groups excluding carboxylic acids is 1. The lowest BCUT2D eigenvalue weighted by Crippen LogP contribution is -2.13. The molecule has 0 amide bonds. The van der Waals surface area contributed by atoms with Gasteiger partial charge in [-0.3, -0.25) is 4.79 Å². The molecule has 1 heterocycles. The highest BCUT2D eigenvalue weighted by molar-refractivity contribution is 7.90. The van der Waals surface area contributed by atoms with E-state index in [0.29, 0.717) is 17.2 Å². The van der Waals surface area contributed by atoms with Gasteiger partial charge in [0.05, 0.1) is 10.4 Å². The quantitative estimate of drug-likeness (QED) is 0.491. The maximum Gasteiger partial charge on any atom is 0.268 e. The Kier molecular flexibility index (Phi) is 4.12. The maximum atomic E-state index is 14.3. The van der Waals surface area contributed by atoms with Crippen molar-refractivity contribution in [2.75, 3.05) is 0 Å². The van der Waals surface area contributed by atoms with E-state index in [0.717, 1.165) is 3.97 Å².